The van der Waals surface area contributed by atoms with Gasteiger partial charge in [-0.1, -0.05) is 23.7 Å². The van der Waals surface area contributed by atoms with E-state index in [-0.39, 0.29) is 24.7 Å². The van der Waals surface area contributed by atoms with Crippen LogP contribution in [0.4, 0.5) is 11.4 Å². The van der Waals surface area contributed by atoms with E-state index in [9.17, 15) is 14.4 Å². The monoisotopic (exact) mass is 399 g/mol. The molecule has 0 aromatic heterocycles. The largest absolute Gasteiger partial charge is 0.495 e. The highest BCUT2D eigenvalue weighted by Gasteiger charge is 2.59. The summed E-state index contributed by atoms with van der Waals surface area (Å²) in [6.07, 6.45) is 0.376. The summed E-state index contributed by atoms with van der Waals surface area (Å²) < 4.78 is 5.12. The molecule has 144 valence electrons. The molecule has 2 aromatic rings. The average Bonchev–Trinajstić information content (AvgIpc) is 3.05. The van der Waals surface area contributed by atoms with Crippen LogP contribution in [0.1, 0.15) is 23.2 Å². The Morgan fingerprint density at radius 2 is 1.96 bits per heavy atom. The van der Waals surface area contributed by atoms with Crippen molar-refractivity contribution < 1.29 is 19.1 Å². The van der Waals surface area contributed by atoms with Gasteiger partial charge in [-0.2, -0.15) is 0 Å². The number of rotatable bonds is 3. The first-order chi connectivity index (χ1) is 13.4. The predicted octanol–water partition coefficient (Wildman–Crippen LogP) is 2.90. The maximum atomic E-state index is 13.4. The van der Waals surface area contributed by atoms with E-state index in [4.69, 9.17) is 16.3 Å². The molecule has 4 rings (SSSR count). The number of para-hydroxylation sites is 1. The number of hydrogen-bond donors (Lipinski definition) is 1. The molecular weight excluding hydrogens is 382 g/mol. The van der Waals surface area contributed by atoms with E-state index in [1.54, 1.807) is 49.5 Å². The molecule has 2 aromatic carbocycles. The van der Waals surface area contributed by atoms with Gasteiger partial charge in [-0.15, -0.1) is 0 Å². The van der Waals surface area contributed by atoms with E-state index in [0.717, 1.165) is 0 Å². The van der Waals surface area contributed by atoms with Crippen molar-refractivity contribution in [3.8, 4) is 5.75 Å². The Balaban J connectivity index is 1.76. The lowest BCUT2D eigenvalue weighted by Crippen LogP contribution is -2.68. The van der Waals surface area contributed by atoms with Crippen LogP contribution >= 0.6 is 11.6 Å². The van der Waals surface area contributed by atoms with Crippen molar-refractivity contribution in [1.29, 1.82) is 0 Å². The summed E-state index contributed by atoms with van der Waals surface area (Å²) in [5.74, 6) is -0.487. The van der Waals surface area contributed by atoms with Crippen LogP contribution in [-0.2, 0) is 9.59 Å². The van der Waals surface area contributed by atoms with Gasteiger partial charge < -0.3 is 15.0 Å². The SMILES string of the molecule is COc1ccc(NC(=O)[C@]23CCC(=O)N2c2ccccc2C(=O)N3C)cc1Cl. The number of ether oxygens (including phenoxy) is 1. The molecule has 0 unspecified atom stereocenters. The Hall–Kier alpha value is -3.06. The molecule has 1 fully saturated rings. The minimum atomic E-state index is -1.42. The summed E-state index contributed by atoms with van der Waals surface area (Å²) in [4.78, 5) is 41.8. The molecule has 28 heavy (non-hydrogen) atoms. The number of anilines is 2. The number of halogens is 1. The number of fused-ring (bicyclic) bond motifs is 3. The molecule has 2 aliphatic heterocycles. The zero-order valence-corrected chi connectivity index (χ0v) is 16.1. The Labute approximate surface area is 166 Å². The number of carbonyl (C=O) groups is 3. The molecule has 2 heterocycles. The van der Waals surface area contributed by atoms with E-state index in [1.807, 2.05) is 0 Å². The van der Waals surface area contributed by atoms with Crippen LogP contribution in [0.3, 0.4) is 0 Å². The molecule has 1 N–H and O–H groups in total. The number of benzene rings is 2. The van der Waals surface area contributed by atoms with Crippen LogP contribution in [0.2, 0.25) is 5.02 Å². The Kier molecular flexibility index (Phi) is 4.27. The molecule has 0 aliphatic carbocycles. The first-order valence-corrected chi connectivity index (χ1v) is 9.13. The van der Waals surface area contributed by atoms with Crippen molar-refractivity contribution >= 4 is 40.7 Å². The van der Waals surface area contributed by atoms with Crippen LogP contribution < -0.4 is 15.0 Å². The van der Waals surface area contributed by atoms with Crippen molar-refractivity contribution in [2.75, 3.05) is 24.4 Å². The zero-order valence-electron chi connectivity index (χ0n) is 15.4. The zero-order chi connectivity index (χ0) is 20.1. The van der Waals surface area contributed by atoms with Gasteiger partial charge in [0.15, 0.2) is 0 Å². The number of hydrogen-bond acceptors (Lipinski definition) is 4. The molecule has 1 saturated heterocycles. The third kappa shape index (κ3) is 2.46. The summed E-state index contributed by atoms with van der Waals surface area (Å²) in [6, 6.07) is 11.7. The van der Waals surface area contributed by atoms with Crippen molar-refractivity contribution in [1.82, 2.24) is 4.90 Å². The maximum Gasteiger partial charge on any atom is 0.271 e. The lowest BCUT2D eigenvalue weighted by Gasteiger charge is -2.47. The minimum absolute atomic E-state index is 0.169. The first kappa shape index (κ1) is 18.3. The highest BCUT2D eigenvalue weighted by molar-refractivity contribution is 6.32. The lowest BCUT2D eigenvalue weighted by atomic mass is 9.96. The van der Waals surface area contributed by atoms with Gasteiger partial charge >= 0.3 is 0 Å². The molecule has 8 heteroatoms. The number of carbonyl (C=O) groups excluding carboxylic acids is 3. The van der Waals surface area contributed by atoms with Crippen molar-refractivity contribution in [2.24, 2.45) is 0 Å². The maximum absolute atomic E-state index is 13.4. The molecular formula is C20H18ClN3O4. The van der Waals surface area contributed by atoms with Gasteiger partial charge in [-0.25, -0.2) is 0 Å². The third-order valence-corrected chi connectivity index (χ3v) is 5.61. The smallest absolute Gasteiger partial charge is 0.271 e. The van der Waals surface area contributed by atoms with E-state index >= 15 is 0 Å². The fourth-order valence-corrected chi connectivity index (χ4v) is 4.16. The number of nitrogens with one attached hydrogen (secondary N) is 1. The van der Waals surface area contributed by atoms with Crippen molar-refractivity contribution in [3.05, 3.63) is 53.1 Å². The van der Waals surface area contributed by atoms with Gasteiger partial charge in [0, 0.05) is 25.6 Å². The fraction of sp³-hybridized carbons (Fsp3) is 0.250. The molecule has 1 atom stereocenters. The summed E-state index contributed by atoms with van der Waals surface area (Å²) >= 11 is 6.14. The van der Waals surface area contributed by atoms with E-state index in [0.29, 0.717) is 27.7 Å². The highest BCUT2D eigenvalue weighted by Crippen LogP contribution is 2.44. The molecule has 0 bridgehead atoms. The van der Waals surface area contributed by atoms with Crippen molar-refractivity contribution in [3.63, 3.8) is 0 Å². The van der Waals surface area contributed by atoms with Gasteiger partial charge in [0.25, 0.3) is 11.8 Å². The fourth-order valence-electron chi connectivity index (χ4n) is 3.90. The predicted molar refractivity (Wildman–Crippen MR) is 105 cm³/mol. The standard InChI is InChI=1S/C20H18ClN3O4/c1-23-18(26)13-5-3-4-6-15(13)24-17(25)9-10-20(23,24)19(27)22-12-7-8-16(28-2)14(21)11-12/h3-8,11H,9-10H2,1-2H3,(H,22,27)/t20-/m0/s1. The molecule has 0 spiro atoms. The summed E-state index contributed by atoms with van der Waals surface area (Å²) in [7, 11) is 3.05. The molecule has 2 aliphatic rings. The molecule has 0 radical (unpaired) electrons. The number of amides is 3. The highest BCUT2D eigenvalue weighted by atomic mass is 35.5. The van der Waals surface area contributed by atoms with Crippen LogP contribution in [0, 0.1) is 0 Å². The van der Waals surface area contributed by atoms with E-state index in [1.165, 1.54) is 16.9 Å². The summed E-state index contributed by atoms with van der Waals surface area (Å²) in [5, 5.41) is 3.14. The van der Waals surface area contributed by atoms with Gasteiger partial charge in [-0.05, 0) is 30.3 Å². The van der Waals surface area contributed by atoms with Gasteiger partial charge in [-0.3, -0.25) is 19.3 Å². The van der Waals surface area contributed by atoms with Crippen LogP contribution in [0.5, 0.6) is 5.75 Å². The summed E-state index contributed by atoms with van der Waals surface area (Å²) in [6.45, 7) is 0. The third-order valence-electron chi connectivity index (χ3n) is 5.31. The summed E-state index contributed by atoms with van der Waals surface area (Å²) in [5.41, 5.74) is -0.120. The van der Waals surface area contributed by atoms with Crippen molar-refractivity contribution in [2.45, 2.75) is 18.5 Å². The number of likely N-dealkylation sites (N-methyl/N-ethyl adjacent to an activating group) is 1. The van der Waals surface area contributed by atoms with E-state index in [2.05, 4.69) is 5.32 Å². The van der Waals surface area contributed by atoms with Gasteiger partial charge in [0.2, 0.25) is 11.6 Å². The lowest BCUT2D eigenvalue weighted by molar-refractivity contribution is -0.128. The topological polar surface area (TPSA) is 79.0 Å². The van der Waals surface area contributed by atoms with Gasteiger partial charge in [0.1, 0.15) is 5.75 Å². The Morgan fingerprint density at radius 1 is 1.21 bits per heavy atom. The van der Waals surface area contributed by atoms with E-state index < -0.39 is 11.6 Å². The molecule has 7 nitrogen and oxygen atoms in total. The Bertz CT molecular complexity index is 1010. The van der Waals surface area contributed by atoms with Crippen LogP contribution in [0.25, 0.3) is 0 Å². The molecule has 0 saturated carbocycles. The number of nitrogens with zero attached hydrogens (tertiary/aromatic N) is 2. The first-order valence-electron chi connectivity index (χ1n) is 8.75. The second-order valence-electron chi connectivity index (χ2n) is 6.73. The minimum Gasteiger partial charge on any atom is -0.495 e. The average molecular weight is 400 g/mol. The Morgan fingerprint density at radius 3 is 2.68 bits per heavy atom. The second kappa shape index (κ2) is 6.53. The van der Waals surface area contributed by atoms with Crippen LogP contribution in [0.15, 0.2) is 42.5 Å². The normalized spacial score (nSPS) is 20.7. The second-order valence-corrected chi connectivity index (χ2v) is 7.14. The van der Waals surface area contributed by atoms with Gasteiger partial charge in [0.05, 0.1) is 23.4 Å². The number of methoxy groups -OCH3 is 1. The van der Waals surface area contributed by atoms with Crippen LogP contribution in [-0.4, -0.2) is 42.4 Å². The molecule has 3 amide bonds. The quantitative estimate of drug-likeness (QED) is 0.860.